The molecule has 0 saturated heterocycles. The van der Waals surface area contributed by atoms with Gasteiger partial charge in [-0.25, -0.2) is 0 Å². The summed E-state index contributed by atoms with van der Waals surface area (Å²) in [5.41, 5.74) is 3.53. The Morgan fingerprint density at radius 1 is 0.727 bits per heavy atom. The fourth-order valence-corrected chi connectivity index (χ4v) is 4.19. The van der Waals surface area contributed by atoms with Gasteiger partial charge in [0.25, 0.3) is 0 Å². The number of nitroso groups, excluding NO2 is 1. The second-order valence-corrected chi connectivity index (χ2v) is 9.05. The molecule has 0 heterocycles. The second-order valence-electron chi connectivity index (χ2n) is 9.05. The number of rotatable bonds is 13. The molecule has 0 unspecified atom stereocenters. The summed E-state index contributed by atoms with van der Waals surface area (Å²) < 4.78 is 0. The Hall–Kier alpha value is -3.02. The van der Waals surface area contributed by atoms with Crippen molar-refractivity contribution in [2.24, 2.45) is 11.2 Å². The molecule has 5 heteroatoms. The first-order chi connectivity index (χ1) is 16.0. The third-order valence-electron chi connectivity index (χ3n) is 5.75. The molecule has 33 heavy (non-hydrogen) atoms. The van der Waals surface area contributed by atoms with E-state index < -0.39 is 6.10 Å². The van der Waals surface area contributed by atoms with E-state index >= 15 is 0 Å². The molecule has 0 aliphatic carbocycles. The Morgan fingerprint density at radius 3 is 1.61 bits per heavy atom. The van der Waals surface area contributed by atoms with E-state index in [-0.39, 0.29) is 18.5 Å². The standard InChI is InChI=1S/C28H35N3O2/c1-23(2)19-31(29-33)22-28(32)27(18-24-12-6-3-7-13-24)30(20-25-14-8-4-9-15-25)21-26-16-10-5-11-17-26/h3-17,23,27-28,32H,18-22H2,1-2H3/t27-,28+/m0/s1. The number of aliphatic hydroxyl groups excluding tert-OH is 1. The van der Waals surface area contributed by atoms with Crippen molar-refractivity contribution in [2.45, 2.75) is 45.5 Å². The summed E-state index contributed by atoms with van der Waals surface area (Å²) in [6, 6.07) is 30.7. The van der Waals surface area contributed by atoms with Crippen LogP contribution in [0.2, 0.25) is 0 Å². The third kappa shape index (κ3) is 8.12. The van der Waals surface area contributed by atoms with Crippen LogP contribution in [0.1, 0.15) is 30.5 Å². The van der Waals surface area contributed by atoms with Crippen LogP contribution in [0.25, 0.3) is 0 Å². The largest absolute Gasteiger partial charge is 0.390 e. The van der Waals surface area contributed by atoms with Gasteiger partial charge >= 0.3 is 0 Å². The Morgan fingerprint density at radius 2 is 1.18 bits per heavy atom. The van der Waals surface area contributed by atoms with Crippen LogP contribution >= 0.6 is 0 Å². The molecule has 2 atom stereocenters. The van der Waals surface area contributed by atoms with E-state index in [9.17, 15) is 10.0 Å². The molecule has 3 aromatic rings. The van der Waals surface area contributed by atoms with E-state index in [0.29, 0.717) is 26.1 Å². The van der Waals surface area contributed by atoms with Crippen molar-refractivity contribution in [3.05, 3.63) is 113 Å². The highest BCUT2D eigenvalue weighted by atomic mass is 16.3. The van der Waals surface area contributed by atoms with Crippen molar-refractivity contribution in [1.82, 2.24) is 9.91 Å². The zero-order valence-corrected chi connectivity index (χ0v) is 19.6. The van der Waals surface area contributed by atoms with Crippen LogP contribution < -0.4 is 0 Å². The average molecular weight is 446 g/mol. The quantitative estimate of drug-likeness (QED) is 0.286. The summed E-state index contributed by atoms with van der Waals surface area (Å²) in [4.78, 5) is 13.8. The van der Waals surface area contributed by atoms with E-state index in [1.54, 1.807) is 0 Å². The van der Waals surface area contributed by atoms with Gasteiger partial charge < -0.3 is 5.11 Å². The van der Waals surface area contributed by atoms with Crippen molar-refractivity contribution in [3.8, 4) is 0 Å². The Bertz CT molecular complexity index is 894. The van der Waals surface area contributed by atoms with Crippen molar-refractivity contribution >= 4 is 0 Å². The molecule has 0 aromatic heterocycles. The van der Waals surface area contributed by atoms with Gasteiger partial charge in [0, 0.05) is 25.7 Å². The molecule has 0 saturated carbocycles. The molecule has 3 aromatic carbocycles. The summed E-state index contributed by atoms with van der Waals surface area (Å²) in [5, 5.41) is 16.1. The summed E-state index contributed by atoms with van der Waals surface area (Å²) in [7, 11) is 0. The third-order valence-corrected chi connectivity index (χ3v) is 5.75. The van der Waals surface area contributed by atoms with Gasteiger partial charge in [-0.15, -0.1) is 4.91 Å². The Kier molecular flexibility index (Phi) is 9.60. The minimum Gasteiger partial charge on any atom is -0.390 e. The molecular weight excluding hydrogens is 410 g/mol. The lowest BCUT2D eigenvalue weighted by Crippen LogP contribution is -2.48. The van der Waals surface area contributed by atoms with E-state index in [4.69, 9.17) is 0 Å². The molecule has 0 radical (unpaired) electrons. The zero-order chi connectivity index (χ0) is 23.5. The predicted molar refractivity (Wildman–Crippen MR) is 134 cm³/mol. The maximum Gasteiger partial charge on any atom is 0.0891 e. The summed E-state index contributed by atoms with van der Waals surface area (Å²) in [5.74, 6) is 0.284. The van der Waals surface area contributed by atoms with Crippen LogP contribution in [0.5, 0.6) is 0 Å². The maximum absolute atomic E-state index is 11.5. The molecule has 1 N–H and O–H groups in total. The lowest BCUT2D eigenvalue weighted by molar-refractivity contribution is 0.0135. The molecule has 0 bridgehead atoms. The zero-order valence-electron chi connectivity index (χ0n) is 19.6. The van der Waals surface area contributed by atoms with E-state index in [1.165, 1.54) is 16.1 Å². The van der Waals surface area contributed by atoms with E-state index in [1.807, 2.05) is 68.4 Å². The van der Waals surface area contributed by atoms with Gasteiger partial charge in [0.05, 0.1) is 17.9 Å². The fraction of sp³-hybridized carbons (Fsp3) is 0.357. The van der Waals surface area contributed by atoms with Crippen molar-refractivity contribution in [2.75, 3.05) is 13.1 Å². The second kappa shape index (κ2) is 12.9. The van der Waals surface area contributed by atoms with Gasteiger partial charge in [0.2, 0.25) is 0 Å². The van der Waals surface area contributed by atoms with Gasteiger partial charge in [0.15, 0.2) is 0 Å². The highest BCUT2D eigenvalue weighted by Gasteiger charge is 2.29. The highest BCUT2D eigenvalue weighted by molar-refractivity contribution is 5.20. The molecule has 0 aliphatic heterocycles. The number of hydrogen-bond acceptors (Lipinski definition) is 4. The molecule has 0 fully saturated rings. The van der Waals surface area contributed by atoms with E-state index in [2.05, 4.69) is 46.6 Å². The molecule has 5 nitrogen and oxygen atoms in total. The predicted octanol–water partition coefficient (Wildman–Crippen LogP) is 5.30. The lowest BCUT2D eigenvalue weighted by Gasteiger charge is -2.36. The number of aliphatic hydroxyl groups is 1. The van der Waals surface area contributed by atoms with Crippen LogP contribution in [-0.2, 0) is 19.5 Å². The highest BCUT2D eigenvalue weighted by Crippen LogP contribution is 2.20. The normalized spacial score (nSPS) is 13.1. The molecular formula is C28H35N3O2. The first-order valence-electron chi connectivity index (χ1n) is 11.7. The topological polar surface area (TPSA) is 56.1 Å². The number of nitrogens with zero attached hydrogens (tertiary/aromatic N) is 3. The summed E-state index contributed by atoms with van der Waals surface area (Å²) in [6.07, 6.45) is -0.0650. The van der Waals surface area contributed by atoms with Crippen molar-refractivity contribution in [1.29, 1.82) is 0 Å². The minimum absolute atomic E-state index is 0.191. The van der Waals surface area contributed by atoms with Crippen LogP contribution in [0.3, 0.4) is 0 Å². The van der Waals surface area contributed by atoms with Crippen molar-refractivity contribution in [3.63, 3.8) is 0 Å². The van der Waals surface area contributed by atoms with Gasteiger partial charge in [-0.2, -0.15) is 0 Å². The first-order valence-corrected chi connectivity index (χ1v) is 11.7. The average Bonchev–Trinajstić information content (AvgIpc) is 2.83. The van der Waals surface area contributed by atoms with Gasteiger partial charge in [-0.1, -0.05) is 105 Å². The molecule has 174 valence electrons. The fourth-order valence-electron chi connectivity index (χ4n) is 4.19. The number of benzene rings is 3. The van der Waals surface area contributed by atoms with Gasteiger partial charge in [-0.05, 0) is 29.0 Å². The monoisotopic (exact) mass is 445 g/mol. The molecule has 0 spiro atoms. The van der Waals surface area contributed by atoms with Crippen molar-refractivity contribution < 1.29 is 5.11 Å². The first kappa shape index (κ1) is 24.6. The molecule has 3 rings (SSSR count). The Labute approximate surface area is 197 Å². The Balaban J connectivity index is 1.91. The van der Waals surface area contributed by atoms with Crippen LogP contribution in [0.15, 0.2) is 96.3 Å². The van der Waals surface area contributed by atoms with Crippen LogP contribution in [0, 0.1) is 10.8 Å². The van der Waals surface area contributed by atoms with Crippen LogP contribution in [0.4, 0.5) is 0 Å². The summed E-state index contributed by atoms with van der Waals surface area (Å²) in [6.45, 7) is 6.22. The van der Waals surface area contributed by atoms with E-state index in [0.717, 1.165) is 5.56 Å². The minimum atomic E-state index is -0.742. The number of hydrogen-bond donors (Lipinski definition) is 1. The van der Waals surface area contributed by atoms with Crippen LogP contribution in [-0.4, -0.2) is 40.3 Å². The summed E-state index contributed by atoms with van der Waals surface area (Å²) >= 11 is 0. The SMILES string of the molecule is CC(C)CN(C[C@@H](O)[C@H](Cc1ccccc1)N(Cc1ccccc1)Cc1ccccc1)N=O. The molecule has 0 amide bonds. The smallest absolute Gasteiger partial charge is 0.0891 e. The maximum atomic E-state index is 11.5. The van der Waals surface area contributed by atoms with Gasteiger partial charge in [0.1, 0.15) is 0 Å². The lowest BCUT2D eigenvalue weighted by atomic mass is 9.97. The molecule has 0 aliphatic rings. The van der Waals surface area contributed by atoms with Gasteiger partial charge in [-0.3, -0.25) is 9.91 Å².